The van der Waals surface area contributed by atoms with Gasteiger partial charge in [-0.2, -0.15) is 0 Å². The minimum atomic E-state index is -0.0265. The van der Waals surface area contributed by atoms with Crippen molar-refractivity contribution in [3.05, 3.63) is 101 Å². The van der Waals surface area contributed by atoms with Crippen molar-refractivity contribution in [2.75, 3.05) is 26.2 Å². The van der Waals surface area contributed by atoms with Crippen LogP contribution in [0.2, 0.25) is 0 Å². The molecular weight excluding hydrogens is 518 g/mol. The Morgan fingerprint density at radius 2 is 1.52 bits per heavy atom. The van der Waals surface area contributed by atoms with Gasteiger partial charge in [-0.3, -0.25) is 4.98 Å². The zero-order chi connectivity index (χ0) is 29.7. The van der Waals surface area contributed by atoms with Crippen LogP contribution in [0.15, 0.2) is 72.9 Å². The lowest BCUT2D eigenvalue weighted by Gasteiger charge is -2.31. The Bertz CT molecular complexity index is 1200. The fourth-order valence-corrected chi connectivity index (χ4v) is 5.95. The summed E-state index contributed by atoms with van der Waals surface area (Å²) in [6.45, 7) is 15.3. The summed E-state index contributed by atoms with van der Waals surface area (Å²) in [5.74, 6) is 1.26. The third-order valence-electron chi connectivity index (χ3n) is 7.83. The molecule has 1 unspecified atom stereocenters. The van der Waals surface area contributed by atoms with Gasteiger partial charge in [0.05, 0.1) is 11.7 Å². The van der Waals surface area contributed by atoms with Gasteiger partial charge in [-0.15, -0.1) is 0 Å². The quantitative estimate of drug-likeness (QED) is 0.208. The van der Waals surface area contributed by atoms with Crippen LogP contribution in [-0.4, -0.2) is 47.0 Å². The van der Waals surface area contributed by atoms with E-state index in [1.54, 1.807) is 0 Å². The second-order valence-corrected chi connectivity index (χ2v) is 12.7. The first-order valence-corrected chi connectivity index (χ1v) is 15.9. The first kappa shape index (κ1) is 31.7. The number of fused-ring (bicyclic) bond motifs is 1. The van der Waals surface area contributed by atoms with Crippen LogP contribution in [0.25, 0.3) is 0 Å². The minimum Gasteiger partial charge on any atom is -0.330 e. The maximum absolute atomic E-state index is 13.8. The highest BCUT2D eigenvalue weighted by atomic mass is 16.2. The van der Waals surface area contributed by atoms with E-state index in [2.05, 4.69) is 103 Å². The van der Waals surface area contributed by atoms with Gasteiger partial charge in [-0.05, 0) is 72.4 Å². The molecule has 1 aromatic heterocycles. The number of aryl methyl sites for hydroxylation is 1. The van der Waals surface area contributed by atoms with Gasteiger partial charge in [-0.25, -0.2) is 4.79 Å². The summed E-state index contributed by atoms with van der Waals surface area (Å²) < 4.78 is 0. The van der Waals surface area contributed by atoms with E-state index < -0.39 is 0 Å². The number of pyridine rings is 1. The fourth-order valence-electron chi connectivity index (χ4n) is 5.95. The number of rotatable bonds is 15. The van der Waals surface area contributed by atoms with Crippen LogP contribution < -0.4 is 10.6 Å². The molecule has 6 heteroatoms. The van der Waals surface area contributed by atoms with Gasteiger partial charge in [0, 0.05) is 45.5 Å². The van der Waals surface area contributed by atoms with Crippen molar-refractivity contribution < 1.29 is 4.79 Å². The van der Waals surface area contributed by atoms with Gasteiger partial charge in [0.15, 0.2) is 0 Å². The lowest BCUT2D eigenvalue weighted by molar-refractivity contribution is 0.176. The number of urea groups is 1. The van der Waals surface area contributed by atoms with E-state index in [-0.39, 0.29) is 12.1 Å². The van der Waals surface area contributed by atoms with Crippen molar-refractivity contribution in [3.63, 3.8) is 0 Å². The Labute approximate surface area is 253 Å². The van der Waals surface area contributed by atoms with Crippen molar-refractivity contribution in [2.45, 2.75) is 79.1 Å². The van der Waals surface area contributed by atoms with E-state index in [1.807, 2.05) is 23.2 Å². The molecule has 226 valence electrons. The second kappa shape index (κ2) is 16.4. The number of nitrogens with one attached hydrogen (secondary N) is 2. The van der Waals surface area contributed by atoms with Crippen molar-refractivity contribution in [1.29, 1.82) is 0 Å². The van der Waals surface area contributed by atoms with Gasteiger partial charge >= 0.3 is 6.03 Å². The number of carbonyl (C=O) groups is 1. The molecule has 0 radical (unpaired) electrons. The number of carbonyl (C=O) groups excluding carboxylic acids is 1. The third kappa shape index (κ3) is 10.2. The summed E-state index contributed by atoms with van der Waals surface area (Å²) in [7, 11) is 0. The first-order valence-electron chi connectivity index (χ1n) is 15.9. The third-order valence-corrected chi connectivity index (χ3v) is 7.83. The maximum Gasteiger partial charge on any atom is 0.318 e. The summed E-state index contributed by atoms with van der Waals surface area (Å²) in [6.07, 6.45) is 5.84. The molecule has 42 heavy (non-hydrogen) atoms. The average Bonchev–Trinajstić information content (AvgIpc) is 2.97. The van der Waals surface area contributed by atoms with Crippen molar-refractivity contribution >= 4 is 6.03 Å². The first-order chi connectivity index (χ1) is 20.4. The molecule has 3 aromatic rings. The number of aromatic nitrogens is 1. The molecule has 2 amide bonds. The normalized spacial score (nSPS) is 14.8. The van der Waals surface area contributed by atoms with E-state index in [4.69, 9.17) is 0 Å². The highest BCUT2D eigenvalue weighted by Crippen LogP contribution is 2.28. The molecule has 0 bridgehead atoms. The maximum atomic E-state index is 13.8. The monoisotopic (exact) mass is 569 g/mol. The summed E-state index contributed by atoms with van der Waals surface area (Å²) in [5.41, 5.74) is 5.97. The number of benzene rings is 2. The van der Waals surface area contributed by atoms with Crippen LogP contribution in [0, 0.1) is 11.8 Å². The molecule has 2 aromatic carbocycles. The van der Waals surface area contributed by atoms with Crippen molar-refractivity contribution in [2.24, 2.45) is 11.8 Å². The van der Waals surface area contributed by atoms with Crippen LogP contribution in [0.1, 0.15) is 80.9 Å². The highest BCUT2D eigenvalue weighted by molar-refractivity contribution is 5.74. The Kier molecular flexibility index (Phi) is 12.4. The molecule has 6 nitrogen and oxygen atoms in total. The Hall–Kier alpha value is -3.22. The molecule has 1 aliphatic carbocycles. The Balaban J connectivity index is 1.39. The molecule has 0 saturated carbocycles. The van der Waals surface area contributed by atoms with Gasteiger partial charge in [0.1, 0.15) is 0 Å². The second-order valence-electron chi connectivity index (χ2n) is 12.7. The number of nitrogens with zero attached hydrogens (tertiary/aromatic N) is 3. The molecule has 4 rings (SSSR count). The lowest BCUT2D eigenvalue weighted by Crippen LogP contribution is -2.43. The van der Waals surface area contributed by atoms with Crippen LogP contribution in [0.5, 0.6) is 0 Å². The smallest absolute Gasteiger partial charge is 0.318 e. The zero-order valence-corrected chi connectivity index (χ0v) is 26.2. The topological polar surface area (TPSA) is 60.5 Å². The molecule has 0 spiro atoms. The average molecular weight is 570 g/mol. The predicted octanol–water partition coefficient (Wildman–Crippen LogP) is 6.96. The van der Waals surface area contributed by atoms with E-state index in [0.717, 1.165) is 76.2 Å². The summed E-state index contributed by atoms with van der Waals surface area (Å²) in [5, 5.41) is 6.88. The van der Waals surface area contributed by atoms with Crippen molar-refractivity contribution in [1.82, 2.24) is 25.4 Å². The number of hydrogen-bond donors (Lipinski definition) is 2. The van der Waals surface area contributed by atoms with Crippen molar-refractivity contribution in [3.8, 4) is 0 Å². The molecule has 1 aliphatic rings. The molecular formula is C36H51N5O. The molecule has 1 heterocycles. The molecule has 2 N–H and O–H groups in total. The molecule has 0 fully saturated rings. The van der Waals surface area contributed by atoms with Crippen LogP contribution >= 0.6 is 0 Å². The Morgan fingerprint density at radius 3 is 2.21 bits per heavy atom. The highest BCUT2D eigenvalue weighted by Gasteiger charge is 2.25. The summed E-state index contributed by atoms with van der Waals surface area (Å²) in [6, 6.07) is 23.3. The van der Waals surface area contributed by atoms with Gasteiger partial charge in [0.2, 0.25) is 0 Å². The van der Waals surface area contributed by atoms with E-state index in [0.29, 0.717) is 18.4 Å². The fraction of sp³-hybridized carbons (Fsp3) is 0.500. The van der Waals surface area contributed by atoms with E-state index in [1.165, 1.54) is 16.7 Å². The summed E-state index contributed by atoms with van der Waals surface area (Å²) >= 11 is 0. The number of amides is 2. The number of hydrogen-bond acceptors (Lipinski definition) is 4. The van der Waals surface area contributed by atoms with Gasteiger partial charge in [-0.1, -0.05) is 88.4 Å². The van der Waals surface area contributed by atoms with E-state index >= 15 is 0 Å². The minimum absolute atomic E-state index is 0.00590. The SMILES string of the molecule is CC(C)CN(CCCN(Cc1ccc(CNCc2ccccc2)cc1)C(=O)NC1CCCc2cccnc21)CC(C)C. The van der Waals surface area contributed by atoms with Gasteiger partial charge in [0.25, 0.3) is 0 Å². The predicted molar refractivity (Wildman–Crippen MR) is 173 cm³/mol. The standard InChI is InChI=1S/C36H51N5O/c1-28(2)25-40(26-29(3)4)21-10-22-41(36(42)39-34-15-8-13-33-14-9-20-38-35(33)34)27-32-18-16-31(17-19-32)24-37-23-30-11-6-5-7-12-30/h5-7,9,11-12,14,16-20,28-29,34,37H,8,10,13,15,21-27H2,1-4H3,(H,39,42). The molecule has 0 aliphatic heterocycles. The Morgan fingerprint density at radius 1 is 0.857 bits per heavy atom. The molecule has 0 saturated heterocycles. The van der Waals surface area contributed by atoms with Crippen LogP contribution in [-0.2, 0) is 26.1 Å². The lowest BCUT2D eigenvalue weighted by atomic mass is 9.92. The van der Waals surface area contributed by atoms with Crippen LogP contribution in [0.4, 0.5) is 4.79 Å². The zero-order valence-electron chi connectivity index (χ0n) is 26.2. The van der Waals surface area contributed by atoms with E-state index in [9.17, 15) is 4.79 Å². The van der Waals surface area contributed by atoms with Gasteiger partial charge < -0.3 is 20.4 Å². The molecule has 1 atom stereocenters. The summed E-state index contributed by atoms with van der Waals surface area (Å²) in [4.78, 5) is 23.0. The van der Waals surface area contributed by atoms with Crippen LogP contribution in [0.3, 0.4) is 0 Å². The largest absolute Gasteiger partial charge is 0.330 e.